The van der Waals surface area contributed by atoms with Crippen molar-refractivity contribution in [1.82, 2.24) is 0 Å². The first-order valence-electron chi connectivity index (χ1n) is 4.17. The minimum Gasteiger partial charge on any atom is -0.324 e. The summed E-state index contributed by atoms with van der Waals surface area (Å²) in [4.78, 5) is 17.1. The third-order valence-corrected chi connectivity index (χ3v) is 4.46. The molecule has 0 aromatic heterocycles. The average Bonchev–Trinajstić information content (AvgIpc) is 2.02. The zero-order valence-corrected chi connectivity index (χ0v) is 10.0. The van der Waals surface area contributed by atoms with Gasteiger partial charge in [-0.05, 0) is 13.3 Å². The van der Waals surface area contributed by atoms with Crippen LogP contribution in [0.4, 0.5) is 0 Å². The van der Waals surface area contributed by atoms with E-state index < -0.39 is 15.2 Å². The van der Waals surface area contributed by atoms with Crippen LogP contribution in [0.5, 0.6) is 0 Å². The Morgan fingerprint density at radius 1 is 1.21 bits per heavy atom. The first-order valence-corrected chi connectivity index (χ1v) is 7.69. The van der Waals surface area contributed by atoms with E-state index in [2.05, 4.69) is 4.52 Å². The van der Waals surface area contributed by atoms with E-state index in [1.807, 2.05) is 0 Å². The summed E-state index contributed by atoms with van der Waals surface area (Å²) in [5, 5.41) is 0. The molecule has 0 radical (unpaired) electrons. The van der Waals surface area contributed by atoms with Gasteiger partial charge in [0.05, 0.1) is 18.9 Å². The van der Waals surface area contributed by atoms with Gasteiger partial charge in [0.15, 0.2) is 0 Å². The first kappa shape index (κ1) is 14.3. The number of rotatable bonds is 7. The second-order valence-corrected chi connectivity index (χ2v) is 6.75. The van der Waals surface area contributed by atoms with Gasteiger partial charge in [-0.25, -0.2) is 0 Å². The predicted molar refractivity (Wildman–Crippen MR) is 52.6 cm³/mol. The van der Waals surface area contributed by atoms with Gasteiger partial charge in [0.1, 0.15) is 0 Å². The summed E-state index contributed by atoms with van der Waals surface area (Å²) in [5.74, 6) is 0. The third-order valence-electron chi connectivity index (χ3n) is 1.49. The lowest BCUT2D eigenvalue weighted by molar-refractivity contribution is 0.244. The molecule has 0 aliphatic carbocycles. The van der Waals surface area contributed by atoms with Crippen molar-refractivity contribution in [3.63, 3.8) is 0 Å². The van der Waals surface area contributed by atoms with Crippen LogP contribution in [0.1, 0.15) is 13.3 Å². The maximum Gasteiger partial charge on any atom is 0.330 e. The highest BCUT2D eigenvalue weighted by Gasteiger charge is 2.23. The molecule has 14 heavy (non-hydrogen) atoms. The fourth-order valence-corrected chi connectivity index (χ4v) is 3.05. The summed E-state index contributed by atoms with van der Waals surface area (Å²) in [6.45, 7) is 1.93. The Hall–Kier alpha value is 0.300. The van der Waals surface area contributed by atoms with Crippen molar-refractivity contribution < 1.29 is 28.0 Å². The minimum atomic E-state index is -4.01. The van der Waals surface area contributed by atoms with Crippen LogP contribution in [0.15, 0.2) is 0 Å². The molecular weight excluding hydrogens is 230 g/mol. The molecule has 8 heteroatoms. The van der Waals surface area contributed by atoms with Crippen molar-refractivity contribution >= 4 is 15.2 Å². The van der Waals surface area contributed by atoms with Gasteiger partial charge in [-0.3, -0.25) is 9.13 Å². The molecule has 0 amide bonds. The Morgan fingerprint density at radius 3 is 2.14 bits per heavy atom. The standard InChI is InChI=1S/C6H16O6P2/c1-3-12-14(10,11-2)6-4-5-13(7,8)9/h3-6H2,1-2H3,(H2,7,8,9). The average molecular weight is 246 g/mol. The molecule has 0 aliphatic rings. The summed E-state index contributed by atoms with van der Waals surface area (Å²) in [7, 11) is -5.89. The molecule has 0 rings (SSSR count). The van der Waals surface area contributed by atoms with Crippen LogP contribution in [0.2, 0.25) is 0 Å². The Labute approximate surface area is 83.3 Å². The summed E-state index contributed by atoms with van der Waals surface area (Å²) in [6.07, 6.45) is -0.148. The van der Waals surface area contributed by atoms with Crippen molar-refractivity contribution in [2.75, 3.05) is 26.0 Å². The Balaban J connectivity index is 3.97. The summed E-state index contributed by atoms with van der Waals surface area (Å²) >= 11 is 0. The molecule has 2 N–H and O–H groups in total. The van der Waals surface area contributed by atoms with Crippen LogP contribution in [-0.4, -0.2) is 35.8 Å². The smallest absolute Gasteiger partial charge is 0.324 e. The molecule has 86 valence electrons. The van der Waals surface area contributed by atoms with Crippen LogP contribution in [0.3, 0.4) is 0 Å². The van der Waals surface area contributed by atoms with Gasteiger partial charge < -0.3 is 18.8 Å². The Kier molecular flexibility index (Phi) is 6.14. The van der Waals surface area contributed by atoms with E-state index in [0.717, 1.165) is 0 Å². The van der Waals surface area contributed by atoms with Crippen LogP contribution in [0, 0.1) is 0 Å². The Bertz CT molecular complexity index is 247. The van der Waals surface area contributed by atoms with Crippen molar-refractivity contribution in [2.45, 2.75) is 13.3 Å². The zero-order chi connectivity index (χ0) is 11.2. The molecule has 0 spiro atoms. The molecule has 0 fully saturated rings. The van der Waals surface area contributed by atoms with Crippen molar-refractivity contribution in [3.8, 4) is 0 Å². The molecular formula is C6H16O6P2. The van der Waals surface area contributed by atoms with E-state index in [9.17, 15) is 9.13 Å². The van der Waals surface area contributed by atoms with E-state index >= 15 is 0 Å². The van der Waals surface area contributed by atoms with Crippen LogP contribution >= 0.6 is 15.2 Å². The highest BCUT2D eigenvalue weighted by Crippen LogP contribution is 2.49. The van der Waals surface area contributed by atoms with Crippen molar-refractivity contribution in [2.24, 2.45) is 0 Å². The molecule has 1 atom stereocenters. The summed E-state index contributed by atoms with van der Waals surface area (Å²) in [5.41, 5.74) is 0. The van der Waals surface area contributed by atoms with Gasteiger partial charge in [0.25, 0.3) is 0 Å². The molecule has 0 bridgehead atoms. The normalized spacial score (nSPS) is 16.6. The second kappa shape index (κ2) is 6.01. The maximum absolute atomic E-state index is 11.6. The largest absolute Gasteiger partial charge is 0.330 e. The van der Waals surface area contributed by atoms with Crippen LogP contribution in [-0.2, 0) is 18.2 Å². The van der Waals surface area contributed by atoms with Gasteiger partial charge in [-0.1, -0.05) is 0 Å². The lowest BCUT2D eigenvalue weighted by Crippen LogP contribution is -2.00. The topological polar surface area (TPSA) is 93.1 Å². The molecule has 0 aliphatic heterocycles. The zero-order valence-electron chi connectivity index (χ0n) is 8.25. The van der Waals surface area contributed by atoms with Gasteiger partial charge in [0.2, 0.25) is 0 Å². The molecule has 0 saturated heterocycles. The molecule has 0 saturated carbocycles. The SMILES string of the molecule is CCOP(=O)(CCCP(=O)(O)O)OC. The fourth-order valence-electron chi connectivity index (χ4n) is 0.876. The minimum absolute atomic E-state index is 0.0302. The Morgan fingerprint density at radius 2 is 1.79 bits per heavy atom. The number of hydrogen-bond donors (Lipinski definition) is 2. The van der Waals surface area contributed by atoms with Gasteiger partial charge in [0, 0.05) is 7.11 Å². The molecule has 6 nitrogen and oxygen atoms in total. The van der Waals surface area contributed by atoms with Crippen molar-refractivity contribution in [1.29, 1.82) is 0 Å². The highest BCUT2D eigenvalue weighted by atomic mass is 31.2. The molecule has 0 aromatic rings. The van der Waals surface area contributed by atoms with E-state index in [1.54, 1.807) is 6.92 Å². The van der Waals surface area contributed by atoms with E-state index in [-0.39, 0.29) is 25.4 Å². The van der Waals surface area contributed by atoms with E-state index in [0.29, 0.717) is 0 Å². The van der Waals surface area contributed by atoms with Crippen LogP contribution < -0.4 is 0 Å². The molecule has 1 unspecified atom stereocenters. The maximum atomic E-state index is 11.6. The van der Waals surface area contributed by atoms with Gasteiger partial charge >= 0.3 is 15.2 Å². The second-order valence-electron chi connectivity index (χ2n) is 2.68. The van der Waals surface area contributed by atoms with Crippen LogP contribution in [0.25, 0.3) is 0 Å². The quantitative estimate of drug-likeness (QED) is 0.660. The van der Waals surface area contributed by atoms with Gasteiger partial charge in [-0.15, -0.1) is 0 Å². The van der Waals surface area contributed by atoms with E-state index in [1.165, 1.54) is 7.11 Å². The summed E-state index contributed by atoms with van der Waals surface area (Å²) in [6, 6.07) is 0. The fraction of sp³-hybridized carbons (Fsp3) is 1.00. The van der Waals surface area contributed by atoms with Crippen molar-refractivity contribution in [3.05, 3.63) is 0 Å². The highest BCUT2D eigenvalue weighted by molar-refractivity contribution is 7.54. The molecule has 0 aromatic carbocycles. The first-order chi connectivity index (χ1) is 6.33. The van der Waals surface area contributed by atoms with E-state index in [4.69, 9.17) is 14.3 Å². The lowest BCUT2D eigenvalue weighted by atomic mass is 10.6. The monoisotopic (exact) mass is 246 g/mol. The third kappa shape index (κ3) is 6.71. The molecule has 0 heterocycles. The summed E-state index contributed by atoms with van der Waals surface area (Å²) < 4.78 is 31.6. The lowest BCUT2D eigenvalue weighted by Gasteiger charge is -2.14. The van der Waals surface area contributed by atoms with Gasteiger partial charge in [-0.2, -0.15) is 0 Å². The predicted octanol–water partition coefficient (Wildman–Crippen LogP) is 1.43. The number of hydrogen-bond acceptors (Lipinski definition) is 4.